The number of likely N-dealkylation sites (tertiary alicyclic amines) is 1. The Labute approximate surface area is 196 Å². The van der Waals surface area contributed by atoms with E-state index in [0.29, 0.717) is 31.8 Å². The largest absolute Gasteiger partial charge is 0.497 e. The van der Waals surface area contributed by atoms with Gasteiger partial charge in [0.15, 0.2) is 0 Å². The zero-order valence-corrected chi connectivity index (χ0v) is 19.1. The van der Waals surface area contributed by atoms with Crippen molar-refractivity contribution in [1.29, 1.82) is 0 Å². The van der Waals surface area contributed by atoms with Crippen molar-refractivity contribution >= 4 is 28.5 Å². The van der Waals surface area contributed by atoms with Crippen LogP contribution in [0.3, 0.4) is 0 Å². The molecule has 3 amide bonds. The number of halogens is 1. The van der Waals surface area contributed by atoms with Crippen molar-refractivity contribution < 1.29 is 23.8 Å². The van der Waals surface area contributed by atoms with Gasteiger partial charge < -0.3 is 29.9 Å². The number of rotatable bonds is 4. The summed E-state index contributed by atoms with van der Waals surface area (Å²) in [5.74, 6) is 0.137. The van der Waals surface area contributed by atoms with E-state index in [4.69, 9.17) is 4.74 Å². The van der Waals surface area contributed by atoms with Gasteiger partial charge in [0.1, 0.15) is 11.6 Å². The first-order valence-electron chi connectivity index (χ1n) is 11.3. The third-order valence-corrected chi connectivity index (χ3v) is 6.93. The Morgan fingerprint density at radius 1 is 1.24 bits per heavy atom. The number of aromatic nitrogens is 1. The third-order valence-electron chi connectivity index (χ3n) is 6.93. The fourth-order valence-electron chi connectivity index (χ4n) is 5.31. The minimum atomic E-state index is -0.498. The number of para-hydroxylation sites is 1. The molecule has 3 N–H and O–H groups in total. The molecule has 3 heterocycles. The van der Waals surface area contributed by atoms with Crippen LogP contribution >= 0.6 is 0 Å². The van der Waals surface area contributed by atoms with Crippen molar-refractivity contribution in [2.24, 2.45) is 0 Å². The number of methoxy groups -OCH3 is 1. The molecule has 2 aromatic carbocycles. The second-order valence-corrected chi connectivity index (χ2v) is 8.95. The number of anilines is 1. The number of ether oxygens (including phenoxy) is 1. The predicted octanol–water partition coefficient (Wildman–Crippen LogP) is 3.39. The third kappa shape index (κ3) is 3.38. The van der Waals surface area contributed by atoms with Crippen LogP contribution in [0.15, 0.2) is 42.5 Å². The lowest BCUT2D eigenvalue weighted by Crippen LogP contribution is -2.68. The van der Waals surface area contributed by atoms with Crippen molar-refractivity contribution in [2.45, 2.75) is 24.8 Å². The summed E-state index contributed by atoms with van der Waals surface area (Å²) in [7, 11) is 1.60. The van der Waals surface area contributed by atoms with Crippen LogP contribution in [-0.2, 0) is 10.2 Å². The normalized spacial score (nSPS) is 18.5. The van der Waals surface area contributed by atoms with Gasteiger partial charge in [-0.3, -0.25) is 4.79 Å². The number of aromatic amines is 1. The van der Waals surface area contributed by atoms with Crippen LogP contribution in [-0.4, -0.2) is 65.2 Å². The van der Waals surface area contributed by atoms with Gasteiger partial charge in [-0.1, -0.05) is 19.1 Å². The Hall–Kier alpha value is -3.59. The van der Waals surface area contributed by atoms with Crippen molar-refractivity contribution in [2.75, 3.05) is 38.7 Å². The molecule has 5 rings (SSSR count). The summed E-state index contributed by atoms with van der Waals surface area (Å²) in [5.41, 5.74) is 2.28. The van der Waals surface area contributed by atoms with Crippen molar-refractivity contribution in [1.82, 2.24) is 14.8 Å². The minimum Gasteiger partial charge on any atom is -0.497 e. The quantitative estimate of drug-likeness (QED) is 0.549. The number of amides is 3. The lowest BCUT2D eigenvalue weighted by molar-refractivity contribution is -0.138. The molecule has 1 aromatic heterocycles. The fourth-order valence-corrected chi connectivity index (χ4v) is 5.31. The molecule has 2 aliphatic heterocycles. The summed E-state index contributed by atoms with van der Waals surface area (Å²) in [4.78, 5) is 32.4. The molecule has 0 unspecified atom stereocenters. The Kier molecular flexibility index (Phi) is 5.44. The van der Waals surface area contributed by atoms with Gasteiger partial charge in [-0.25, -0.2) is 9.18 Å². The van der Waals surface area contributed by atoms with Crippen molar-refractivity contribution in [3.05, 3.63) is 59.5 Å². The average Bonchev–Trinajstić information content (AvgIpc) is 3.21. The van der Waals surface area contributed by atoms with Crippen LogP contribution < -0.4 is 10.1 Å². The zero-order chi connectivity index (χ0) is 24.0. The van der Waals surface area contributed by atoms with Crippen LogP contribution in [0, 0.1) is 5.82 Å². The van der Waals surface area contributed by atoms with Crippen LogP contribution in [0.25, 0.3) is 10.9 Å². The van der Waals surface area contributed by atoms with Gasteiger partial charge in [0.25, 0.3) is 0 Å². The highest BCUT2D eigenvalue weighted by atomic mass is 19.1. The molecule has 0 aliphatic carbocycles. The maximum atomic E-state index is 14.0. The highest BCUT2D eigenvalue weighted by Gasteiger charge is 2.54. The summed E-state index contributed by atoms with van der Waals surface area (Å²) in [6, 6.07) is 10.9. The number of hydrogen-bond acceptors (Lipinski definition) is 4. The van der Waals surface area contributed by atoms with Gasteiger partial charge in [-0.15, -0.1) is 0 Å². The van der Waals surface area contributed by atoms with E-state index in [1.165, 1.54) is 12.1 Å². The summed E-state index contributed by atoms with van der Waals surface area (Å²) < 4.78 is 19.4. The number of aliphatic hydroxyl groups is 1. The van der Waals surface area contributed by atoms with Crippen molar-refractivity contribution in [3.63, 3.8) is 0 Å². The van der Waals surface area contributed by atoms with E-state index >= 15 is 0 Å². The topological polar surface area (TPSA) is 97.9 Å². The van der Waals surface area contributed by atoms with Crippen LogP contribution in [0.5, 0.6) is 5.75 Å². The standard InChI is InChI=1S/C25H27FN4O4/c1-3-21(32)30-14-25(12-29(13-25)24(33)28-18-7-5-4-6-17(18)26)22-16-9-8-15(34-2)10-19(16)27-23(22)20(30)11-31/h4-10,20,27,31H,3,11-14H2,1-2H3,(H,28,33)/t20-/m0/s1. The van der Waals surface area contributed by atoms with Crippen LogP contribution in [0.1, 0.15) is 30.6 Å². The molecule has 34 heavy (non-hydrogen) atoms. The lowest BCUT2D eigenvalue weighted by atomic mass is 9.68. The zero-order valence-electron chi connectivity index (χ0n) is 19.1. The van der Waals surface area contributed by atoms with E-state index in [1.54, 1.807) is 36.0 Å². The minimum absolute atomic E-state index is 0.0606. The molecule has 0 bridgehead atoms. The molecule has 1 fully saturated rings. The van der Waals surface area contributed by atoms with E-state index in [2.05, 4.69) is 10.3 Å². The molecule has 1 spiro atoms. The number of hydrogen-bond donors (Lipinski definition) is 3. The molecular weight excluding hydrogens is 439 g/mol. The molecule has 9 heteroatoms. The van der Waals surface area contributed by atoms with Gasteiger partial charge in [-0.05, 0) is 29.8 Å². The predicted molar refractivity (Wildman–Crippen MR) is 125 cm³/mol. The number of urea groups is 1. The van der Waals surface area contributed by atoms with Crippen LogP contribution in [0.2, 0.25) is 0 Å². The average molecular weight is 467 g/mol. The van der Waals surface area contributed by atoms with E-state index in [-0.39, 0.29) is 18.2 Å². The number of H-pyrrole nitrogens is 1. The van der Waals surface area contributed by atoms with Gasteiger partial charge >= 0.3 is 6.03 Å². The first kappa shape index (κ1) is 22.2. The monoisotopic (exact) mass is 466 g/mol. The Morgan fingerprint density at radius 3 is 2.68 bits per heavy atom. The summed E-state index contributed by atoms with van der Waals surface area (Å²) in [6.45, 7) is 2.70. The second-order valence-electron chi connectivity index (χ2n) is 8.95. The number of benzene rings is 2. The highest BCUT2D eigenvalue weighted by molar-refractivity contribution is 5.92. The number of fused-ring (bicyclic) bond motifs is 4. The van der Waals surface area contributed by atoms with Crippen molar-refractivity contribution in [3.8, 4) is 5.75 Å². The van der Waals surface area contributed by atoms with Gasteiger partial charge in [0.2, 0.25) is 5.91 Å². The first-order chi connectivity index (χ1) is 16.4. The number of aliphatic hydroxyl groups excluding tert-OH is 1. The van der Waals surface area contributed by atoms with E-state index in [0.717, 1.165) is 22.2 Å². The maximum absolute atomic E-state index is 14.0. The number of carbonyl (C=O) groups excluding carboxylic acids is 2. The first-order valence-corrected chi connectivity index (χ1v) is 11.3. The van der Waals surface area contributed by atoms with Gasteiger partial charge in [0.05, 0.1) is 30.9 Å². The number of nitrogens with one attached hydrogen (secondary N) is 2. The summed E-state index contributed by atoms with van der Waals surface area (Å²) in [6.07, 6.45) is 0.313. The number of carbonyl (C=O) groups is 2. The molecule has 178 valence electrons. The fraction of sp³-hybridized carbons (Fsp3) is 0.360. The molecule has 2 aliphatic rings. The molecule has 3 aromatic rings. The van der Waals surface area contributed by atoms with Gasteiger partial charge in [0, 0.05) is 48.7 Å². The molecule has 1 atom stereocenters. The van der Waals surface area contributed by atoms with Crippen LogP contribution in [0.4, 0.5) is 14.9 Å². The molecular formula is C25H27FN4O4. The molecule has 8 nitrogen and oxygen atoms in total. The molecule has 0 saturated carbocycles. The summed E-state index contributed by atoms with van der Waals surface area (Å²) in [5, 5.41) is 13.8. The number of nitrogens with zero attached hydrogens (tertiary/aromatic N) is 2. The highest BCUT2D eigenvalue weighted by Crippen LogP contribution is 2.48. The Balaban J connectivity index is 1.52. The van der Waals surface area contributed by atoms with E-state index in [9.17, 15) is 19.1 Å². The second kappa shape index (κ2) is 8.32. The Bertz CT molecular complexity index is 1270. The smallest absolute Gasteiger partial charge is 0.321 e. The SMILES string of the molecule is CCC(=O)N1CC2(CN(C(=O)Nc3ccccc3F)C2)c2c([nH]c3cc(OC)ccc23)[C@@H]1CO. The molecule has 0 radical (unpaired) electrons. The Morgan fingerprint density at radius 2 is 2.00 bits per heavy atom. The molecule has 1 saturated heterocycles. The van der Waals surface area contributed by atoms with Gasteiger partial charge in [-0.2, -0.15) is 0 Å². The van der Waals surface area contributed by atoms with E-state index < -0.39 is 23.3 Å². The lowest BCUT2D eigenvalue weighted by Gasteiger charge is -2.55. The maximum Gasteiger partial charge on any atom is 0.321 e. The summed E-state index contributed by atoms with van der Waals surface area (Å²) >= 11 is 0. The van der Waals surface area contributed by atoms with E-state index in [1.807, 2.05) is 18.2 Å².